The normalized spacial score (nSPS) is 19.5. The van der Waals surface area contributed by atoms with Crippen LogP contribution >= 0.6 is 11.3 Å². The molecule has 1 aliphatic heterocycles. The summed E-state index contributed by atoms with van der Waals surface area (Å²) >= 11 is 1.80. The van der Waals surface area contributed by atoms with Crippen molar-refractivity contribution in [1.29, 1.82) is 0 Å². The Balaban J connectivity index is 1.61. The first-order valence-electron chi connectivity index (χ1n) is 7.56. The largest absolute Gasteiger partial charge is 0.304 e. The molecular weight excluding hydrogens is 266 g/mol. The fourth-order valence-corrected chi connectivity index (χ4v) is 3.96. The van der Waals surface area contributed by atoms with E-state index in [1.54, 1.807) is 11.3 Å². The number of thiazole rings is 1. The van der Waals surface area contributed by atoms with E-state index in [9.17, 15) is 0 Å². The highest BCUT2D eigenvalue weighted by Gasteiger charge is 2.18. The molecule has 0 bridgehead atoms. The van der Waals surface area contributed by atoms with Gasteiger partial charge in [0.15, 0.2) is 0 Å². The maximum atomic E-state index is 4.74. The van der Waals surface area contributed by atoms with Gasteiger partial charge in [0.2, 0.25) is 0 Å². The molecule has 1 fully saturated rings. The SMILES string of the molecule is CC(CN1CCCC1)NC(C)c1nc2ccccc2s1. The van der Waals surface area contributed by atoms with Crippen molar-refractivity contribution in [1.82, 2.24) is 15.2 Å². The molecule has 2 heterocycles. The molecule has 20 heavy (non-hydrogen) atoms. The van der Waals surface area contributed by atoms with Gasteiger partial charge in [0.25, 0.3) is 0 Å². The first-order valence-corrected chi connectivity index (χ1v) is 8.38. The number of hydrogen-bond donors (Lipinski definition) is 1. The Morgan fingerprint density at radius 3 is 2.75 bits per heavy atom. The average molecular weight is 289 g/mol. The predicted octanol–water partition coefficient (Wildman–Crippen LogP) is 3.43. The standard InChI is InChI=1S/C16H23N3S/c1-12(11-19-9-5-6-10-19)17-13(2)16-18-14-7-3-4-8-15(14)20-16/h3-4,7-8,12-13,17H,5-6,9-11H2,1-2H3. The minimum atomic E-state index is 0.324. The number of aromatic nitrogens is 1. The minimum absolute atomic E-state index is 0.324. The quantitative estimate of drug-likeness (QED) is 0.914. The second-order valence-corrected chi connectivity index (χ2v) is 6.88. The van der Waals surface area contributed by atoms with E-state index >= 15 is 0 Å². The number of hydrogen-bond acceptors (Lipinski definition) is 4. The molecule has 2 atom stereocenters. The Bertz CT molecular complexity index is 527. The summed E-state index contributed by atoms with van der Waals surface area (Å²) in [6, 6.07) is 9.21. The zero-order valence-electron chi connectivity index (χ0n) is 12.3. The van der Waals surface area contributed by atoms with Crippen molar-refractivity contribution >= 4 is 21.6 Å². The van der Waals surface area contributed by atoms with Crippen LogP contribution in [0.4, 0.5) is 0 Å². The third-order valence-corrected chi connectivity index (χ3v) is 5.17. The first kappa shape index (κ1) is 14.0. The second-order valence-electron chi connectivity index (χ2n) is 5.82. The summed E-state index contributed by atoms with van der Waals surface area (Å²) in [6.45, 7) is 8.18. The summed E-state index contributed by atoms with van der Waals surface area (Å²) in [5.41, 5.74) is 1.12. The zero-order valence-corrected chi connectivity index (χ0v) is 13.1. The van der Waals surface area contributed by atoms with Crippen molar-refractivity contribution < 1.29 is 0 Å². The van der Waals surface area contributed by atoms with E-state index in [-0.39, 0.29) is 0 Å². The van der Waals surface area contributed by atoms with E-state index in [0.29, 0.717) is 12.1 Å². The van der Waals surface area contributed by atoms with Gasteiger partial charge in [-0.25, -0.2) is 4.98 Å². The van der Waals surface area contributed by atoms with Crippen molar-refractivity contribution in [3.05, 3.63) is 29.3 Å². The Morgan fingerprint density at radius 2 is 2.00 bits per heavy atom. The van der Waals surface area contributed by atoms with Crippen molar-refractivity contribution in [3.63, 3.8) is 0 Å². The Kier molecular flexibility index (Phi) is 4.34. The van der Waals surface area contributed by atoms with Crippen LogP contribution in [-0.2, 0) is 0 Å². The molecule has 0 radical (unpaired) electrons. The van der Waals surface area contributed by atoms with Crippen LogP contribution in [0.3, 0.4) is 0 Å². The van der Waals surface area contributed by atoms with Gasteiger partial charge in [-0.15, -0.1) is 11.3 Å². The lowest BCUT2D eigenvalue weighted by molar-refractivity contribution is 0.289. The third kappa shape index (κ3) is 3.19. The molecule has 2 unspecified atom stereocenters. The van der Waals surface area contributed by atoms with Gasteiger partial charge in [0.1, 0.15) is 5.01 Å². The molecule has 1 N–H and O–H groups in total. The first-order chi connectivity index (χ1) is 9.72. The van der Waals surface area contributed by atoms with Gasteiger partial charge in [0, 0.05) is 12.6 Å². The van der Waals surface area contributed by atoms with Crippen molar-refractivity contribution in [2.75, 3.05) is 19.6 Å². The summed E-state index contributed by atoms with van der Waals surface area (Å²) in [6.07, 6.45) is 2.72. The molecule has 0 aliphatic carbocycles. The van der Waals surface area contributed by atoms with Gasteiger partial charge >= 0.3 is 0 Å². The molecule has 3 nitrogen and oxygen atoms in total. The molecule has 0 spiro atoms. The number of fused-ring (bicyclic) bond motifs is 1. The molecule has 1 aliphatic rings. The molecular formula is C16H23N3S. The zero-order chi connectivity index (χ0) is 13.9. The van der Waals surface area contributed by atoms with Crippen LogP contribution in [-0.4, -0.2) is 35.6 Å². The third-order valence-electron chi connectivity index (χ3n) is 3.95. The highest BCUT2D eigenvalue weighted by molar-refractivity contribution is 7.18. The van der Waals surface area contributed by atoms with Crippen LogP contribution in [0.2, 0.25) is 0 Å². The lowest BCUT2D eigenvalue weighted by atomic mass is 10.2. The lowest BCUT2D eigenvalue weighted by Crippen LogP contribution is -2.39. The molecule has 0 amide bonds. The van der Waals surface area contributed by atoms with Gasteiger partial charge in [-0.2, -0.15) is 0 Å². The van der Waals surface area contributed by atoms with Gasteiger partial charge in [-0.3, -0.25) is 0 Å². The summed E-state index contributed by atoms with van der Waals surface area (Å²) in [7, 11) is 0. The Morgan fingerprint density at radius 1 is 1.25 bits per heavy atom. The number of para-hydroxylation sites is 1. The summed E-state index contributed by atoms with van der Waals surface area (Å²) in [4.78, 5) is 7.30. The summed E-state index contributed by atoms with van der Waals surface area (Å²) in [5, 5.41) is 4.88. The second kappa shape index (κ2) is 6.20. The fourth-order valence-electron chi connectivity index (χ4n) is 2.98. The maximum Gasteiger partial charge on any atom is 0.111 e. The number of nitrogens with one attached hydrogen (secondary N) is 1. The van der Waals surface area contributed by atoms with Crippen molar-refractivity contribution in [2.24, 2.45) is 0 Å². The van der Waals surface area contributed by atoms with Gasteiger partial charge in [0.05, 0.1) is 16.3 Å². The highest BCUT2D eigenvalue weighted by Crippen LogP contribution is 2.26. The van der Waals surface area contributed by atoms with E-state index in [2.05, 4.69) is 48.3 Å². The van der Waals surface area contributed by atoms with Crippen LogP contribution < -0.4 is 5.32 Å². The number of benzene rings is 1. The molecule has 3 rings (SSSR count). The van der Waals surface area contributed by atoms with Crippen LogP contribution in [0.5, 0.6) is 0 Å². The molecule has 1 saturated heterocycles. The van der Waals surface area contributed by atoms with Crippen molar-refractivity contribution in [2.45, 2.75) is 38.8 Å². The summed E-state index contributed by atoms with van der Waals surface area (Å²) in [5.74, 6) is 0. The lowest BCUT2D eigenvalue weighted by Gasteiger charge is -2.23. The highest BCUT2D eigenvalue weighted by atomic mass is 32.1. The molecule has 4 heteroatoms. The molecule has 0 saturated carbocycles. The van der Waals surface area contributed by atoms with E-state index in [4.69, 9.17) is 4.98 Å². The van der Waals surface area contributed by atoms with Crippen LogP contribution in [0.25, 0.3) is 10.2 Å². The number of likely N-dealkylation sites (tertiary alicyclic amines) is 1. The number of nitrogens with zero attached hydrogens (tertiary/aromatic N) is 2. The monoisotopic (exact) mass is 289 g/mol. The average Bonchev–Trinajstić information content (AvgIpc) is 3.06. The fraction of sp³-hybridized carbons (Fsp3) is 0.562. The molecule has 2 aromatic rings. The van der Waals surface area contributed by atoms with E-state index in [1.165, 1.54) is 35.6 Å². The number of rotatable bonds is 5. The topological polar surface area (TPSA) is 28.2 Å². The smallest absolute Gasteiger partial charge is 0.111 e. The molecule has 1 aromatic carbocycles. The van der Waals surface area contributed by atoms with Gasteiger partial charge in [-0.1, -0.05) is 12.1 Å². The Hall–Kier alpha value is -0.970. The van der Waals surface area contributed by atoms with E-state index < -0.39 is 0 Å². The van der Waals surface area contributed by atoms with E-state index in [1.807, 2.05) is 0 Å². The minimum Gasteiger partial charge on any atom is -0.304 e. The molecule has 108 valence electrons. The Labute approximate surface area is 125 Å². The van der Waals surface area contributed by atoms with Gasteiger partial charge in [-0.05, 0) is 51.9 Å². The van der Waals surface area contributed by atoms with E-state index in [0.717, 1.165) is 12.1 Å². The van der Waals surface area contributed by atoms with Crippen LogP contribution in [0.1, 0.15) is 37.7 Å². The van der Waals surface area contributed by atoms with Crippen LogP contribution in [0.15, 0.2) is 24.3 Å². The predicted molar refractivity (Wildman–Crippen MR) is 86.3 cm³/mol. The summed E-state index contributed by atoms with van der Waals surface area (Å²) < 4.78 is 1.28. The maximum absolute atomic E-state index is 4.74. The molecule has 1 aromatic heterocycles. The van der Waals surface area contributed by atoms with Crippen LogP contribution in [0, 0.1) is 0 Å². The van der Waals surface area contributed by atoms with Gasteiger partial charge < -0.3 is 10.2 Å². The van der Waals surface area contributed by atoms with Crippen molar-refractivity contribution in [3.8, 4) is 0 Å².